The summed E-state index contributed by atoms with van der Waals surface area (Å²) in [6.07, 6.45) is -4.11. The average molecular weight is 393 g/mol. The summed E-state index contributed by atoms with van der Waals surface area (Å²) in [5.74, 6) is 0.339. The molecule has 1 aromatic carbocycles. The van der Waals surface area contributed by atoms with Crippen molar-refractivity contribution in [1.29, 1.82) is 0 Å². The second-order valence-corrected chi connectivity index (χ2v) is 7.32. The number of benzene rings is 1. The van der Waals surface area contributed by atoms with Gasteiger partial charge in [-0.1, -0.05) is 23.4 Å². The van der Waals surface area contributed by atoms with Gasteiger partial charge in [0.1, 0.15) is 0 Å². The number of carbonyl (C=O) groups excluding carboxylic acids is 1. The molecule has 0 bridgehead atoms. The Morgan fingerprint density at radius 3 is 2.67 bits per heavy atom. The molecule has 1 aliphatic rings. The van der Waals surface area contributed by atoms with Gasteiger partial charge in [0.05, 0.1) is 18.0 Å². The first-order valence-corrected chi connectivity index (χ1v) is 9.09. The van der Waals surface area contributed by atoms with Crippen LogP contribution in [0.15, 0.2) is 46.3 Å². The highest BCUT2D eigenvalue weighted by Gasteiger charge is 2.34. The van der Waals surface area contributed by atoms with E-state index in [0.717, 1.165) is 17.0 Å². The van der Waals surface area contributed by atoms with Crippen molar-refractivity contribution in [1.82, 2.24) is 15.0 Å². The molecular formula is C18H14F3N3O2S. The second kappa shape index (κ2) is 6.80. The van der Waals surface area contributed by atoms with Crippen molar-refractivity contribution < 1.29 is 22.5 Å². The zero-order valence-electron chi connectivity index (χ0n) is 13.9. The van der Waals surface area contributed by atoms with E-state index in [1.165, 1.54) is 12.1 Å². The van der Waals surface area contributed by atoms with Crippen LogP contribution < -0.4 is 0 Å². The molecule has 5 nitrogen and oxygen atoms in total. The Morgan fingerprint density at radius 1 is 1.22 bits per heavy atom. The SMILES string of the molecule is O=C1CC(c2nc(-c3ccc(C(F)(F)F)cc3)no2)CN1Cc1cccs1. The number of likely N-dealkylation sites (tertiary alicyclic amines) is 1. The molecule has 1 atom stereocenters. The van der Waals surface area contributed by atoms with Crippen LogP contribution in [0.3, 0.4) is 0 Å². The molecule has 140 valence electrons. The van der Waals surface area contributed by atoms with Crippen LogP contribution in [-0.2, 0) is 17.5 Å². The van der Waals surface area contributed by atoms with E-state index in [-0.39, 0.29) is 24.1 Å². The van der Waals surface area contributed by atoms with E-state index in [1.807, 2.05) is 17.5 Å². The van der Waals surface area contributed by atoms with Crippen LogP contribution >= 0.6 is 11.3 Å². The number of carbonyl (C=O) groups is 1. The highest BCUT2D eigenvalue weighted by Crippen LogP contribution is 2.32. The smallest absolute Gasteiger partial charge is 0.339 e. The Bertz CT molecular complexity index is 936. The van der Waals surface area contributed by atoms with Crippen molar-refractivity contribution in [2.45, 2.75) is 25.1 Å². The van der Waals surface area contributed by atoms with Gasteiger partial charge in [-0.25, -0.2) is 0 Å². The summed E-state index contributed by atoms with van der Waals surface area (Å²) in [5, 5.41) is 5.81. The molecule has 0 aliphatic carbocycles. The number of hydrogen-bond acceptors (Lipinski definition) is 5. The molecule has 1 aliphatic heterocycles. The summed E-state index contributed by atoms with van der Waals surface area (Å²) >= 11 is 1.59. The normalized spacial score (nSPS) is 17.7. The third-order valence-corrected chi connectivity index (χ3v) is 5.26. The maximum absolute atomic E-state index is 12.7. The van der Waals surface area contributed by atoms with Gasteiger partial charge < -0.3 is 9.42 Å². The fourth-order valence-corrected chi connectivity index (χ4v) is 3.73. The van der Waals surface area contributed by atoms with Crippen LogP contribution in [0.5, 0.6) is 0 Å². The minimum atomic E-state index is -4.39. The Kier molecular flexibility index (Phi) is 4.47. The van der Waals surface area contributed by atoms with Crippen LogP contribution in [0.4, 0.5) is 13.2 Å². The number of alkyl halides is 3. The second-order valence-electron chi connectivity index (χ2n) is 6.29. The lowest BCUT2D eigenvalue weighted by Gasteiger charge is -2.14. The maximum atomic E-state index is 12.7. The lowest BCUT2D eigenvalue weighted by atomic mass is 10.1. The highest BCUT2D eigenvalue weighted by molar-refractivity contribution is 7.09. The lowest BCUT2D eigenvalue weighted by Crippen LogP contribution is -2.23. The number of hydrogen-bond donors (Lipinski definition) is 0. The molecule has 1 fully saturated rings. The summed E-state index contributed by atoms with van der Waals surface area (Å²) < 4.78 is 43.2. The quantitative estimate of drug-likeness (QED) is 0.662. The van der Waals surface area contributed by atoms with E-state index in [2.05, 4.69) is 10.1 Å². The maximum Gasteiger partial charge on any atom is 0.416 e. The average Bonchev–Trinajstić information content (AvgIpc) is 3.37. The van der Waals surface area contributed by atoms with Gasteiger partial charge in [0.15, 0.2) is 0 Å². The van der Waals surface area contributed by atoms with Gasteiger partial charge in [-0.3, -0.25) is 4.79 Å². The minimum absolute atomic E-state index is 0.0164. The van der Waals surface area contributed by atoms with Gasteiger partial charge in [-0.15, -0.1) is 11.3 Å². The van der Waals surface area contributed by atoms with E-state index >= 15 is 0 Å². The molecule has 0 spiro atoms. The summed E-state index contributed by atoms with van der Waals surface area (Å²) in [7, 11) is 0. The molecule has 9 heteroatoms. The predicted molar refractivity (Wildman–Crippen MR) is 91.8 cm³/mol. The van der Waals surface area contributed by atoms with Gasteiger partial charge in [0.2, 0.25) is 17.6 Å². The Morgan fingerprint density at radius 2 is 2.00 bits per heavy atom. The molecule has 3 aromatic rings. The van der Waals surface area contributed by atoms with Crippen molar-refractivity contribution in [2.24, 2.45) is 0 Å². The first kappa shape index (κ1) is 17.7. The van der Waals surface area contributed by atoms with Crippen LogP contribution in [-0.4, -0.2) is 27.5 Å². The highest BCUT2D eigenvalue weighted by atomic mass is 32.1. The standard InChI is InChI=1S/C18H14F3N3O2S/c19-18(20,21)13-5-3-11(4-6-13)16-22-17(26-23-16)12-8-15(25)24(9-12)10-14-2-1-7-27-14/h1-7,12H,8-10H2. The van der Waals surface area contributed by atoms with E-state index in [4.69, 9.17) is 4.52 Å². The molecule has 2 aromatic heterocycles. The van der Waals surface area contributed by atoms with Gasteiger partial charge in [0.25, 0.3) is 0 Å². The number of amides is 1. The lowest BCUT2D eigenvalue weighted by molar-refractivity contribution is -0.137. The predicted octanol–water partition coefficient (Wildman–Crippen LogP) is 4.33. The molecule has 4 rings (SSSR count). The molecule has 0 N–H and O–H groups in total. The number of nitrogens with zero attached hydrogens (tertiary/aromatic N) is 3. The Balaban J connectivity index is 1.47. The molecule has 0 radical (unpaired) electrons. The Labute approximate surface area is 156 Å². The molecule has 27 heavy (non-hydrogen) atoms. The largest absolute Gasteiger partial charge is 0.416 e. The van der Waals surface area contributed by atoms with E-state index in [9.17, 15) is 18.0 Å². The summed E-state index contributed by atoms with van der Waals surface area (Å²) in [6.45, 7) is 1.03. The van der Waals surface area contributed by atoms with Gasteiger partial charge >= 0.3 is 6.18 Å². The van der Waals surface area contributed by atoms with Gasteiger partial charge in [-0.2, -0.15) is 18.2 Å². The monoisotopic (exact) mass is 393 g/mol. The molecule has 1 unspecified atom stereocenters. The fraction of sp³-hybridized carbons (Fsp3) is 0.278. The van der Waals surface area contributed by atoms with E-state index < -0.39 is 11.7 Å². The van der Waals surface area contributed by atoms with Gasteiger partial charge in [0, 0.05) is 23.4 Å². The number of halogens is 3. The first-order chi connectivity index (χ1) is 12.9. The molecular weight excluding hydrogens is 379 g/mol. The van der Waals surface area contributed by atoms with Crippen molar-refractivity contribution in [3.63, 3.8) is 0 Å². The zero-order chi connectivity index (χ0) is 19.0. The number of rotatable bonds is 4. The zero-order valence-corrected chi connectivity index (χ0v) is 14.8. The van der Waals surface area contributed by atoms with Crippen molar-refractivity contribution in [3.8, 4) is 11.4 Å². The summed E-state index contributed by atoms with van der Waals surface area (Å²) in [5.41, 5.74) is -0.307. The summed E-state index contributed by atoms with van der Waals surface area (Å²) in [6, 6.07) is 8.48. The molecule has 3 heterocycles. The third-order valence-electron chi connectivity index (χ3n) is 4.40. The molecule has 1 amide bonds. The van der Waals surface area contributed by atoms with Crippen LogP contribution in [0.2, 0.25) is 0 Å². The third kappa shape index (κ3) is 3.73. The van der Waals surface area contributed by atoms with Crippen molar-refractivity contribution in [2.75, 3.05) is 6.54 Å². The molecule has 1 saturated heterocycles. The van der Waals surface area contributed by atoms with E-state index in [1.54, 1.807) is 16.2 Å². The molecule has 0 saturated carbocycles. The van der Waals surface area contributed by atoms with Gasteiger partial charge in [-0.05, 0) is 23.6 Å². The topological polar surface area (TPSA) is 59.2 Å². The van der Waals surface area contributed by atoms with Crippen LogP contribution in [0.1, 0.15) is 28.7 Å². The van der Waals surface area contributed by atoms with Crippen LogP contribution in [0, 0.1) is 0 Å². The summed E-state index contributed by atoms with van der Waals surface area (Å²) in [4.78, 5) is 19.4. The number of aromatic nitrogens is 2. The Hall–Kier alpha value is -2.68. The number of thiophene rings is 1. The minimum Gasteiger partial charge on any atom is -0.339 e. The fourth-order valence-electron chi connectivity index (χ4n) is 3.01. The van der Waals surface area contributed by atoms with Crippen molar-refractivity contribution in [3.05, 3.63) is 58.1 Å². The van der Waals surface area contributed by atoms with Crippen LogP contribution in [0.25, 0.3) is 11.4 Å². The van der Waals surface area contributed by atoms with Crippen molar-refractivity contribution >= 4 is 17.2 Å². The van der Waals surface area contributed by atoms with E-state index in [0.29, 0.717) is 24.5 Å². The first-order valence-electron chi connectivity index (χ1n) is 8.21.